The van der Waals surface area contributed by atoms with Crippen LogP contribution in [0.1, 0.15) is 5.56 Å². The van der Waals surface area contributed by atoms with E-state index in [4.69, 9.17) is 9.84 Å². The van der Waals surface area contributed by atoms with Gasteiger partial charge >= 0.3 is 5.97 Å². The third kappa shape index (κ3) is 3.04. The molecule has 1 aliphatic rings. The molecule has 0 bridgehead atoms. The van der Waals surface area contributed by atoms with Crippen molar-refractivity contribution in [1.29, 1.82) is 0 Å². The van der Waals surface area contributed by atoms with Crippen molar-refractivity contribution in [2.45, 2.75) is 18.6 Å². The maximum absolute atomic E-state index is 11.4. The van der Waals surface area contributed by atoms with Crippen LogP contribution < -0.4 is 5.32 Å². The molecular weight excluding hydrogens is 222 g/mol. The van der Waals surface area contributed by atoms with Gasteiger partial charge in [-0.2, -0.15) is 0 Å². The van der Waals surface area contributed by atoms with E-state index in [9.17, 15) is 9.59 Å². The molecule has 0 aliphatic carbocycles. The minimum absolute atomic E-state index is 0.353. The second-order valence-corrected chi connectivity index (χ2v) is 3.84. The molecule has 1 aromatic carbocycles. The number of amides is 1. The van der Waals surface area contributed by atoms with Gasteiger partial charge in [0.2, 0.25) is 0 Å². The number of ether oxygens (including phenoxy) is 1. The number of benzene rings is 1. The maximum atomic E-state index is 11.4. The smallest absolute Gasteiger partial charge is 0.336 e. The van der Waals surface area contributed by atoms with Gasteiger partial charge in [0.05, 0.1) is 0 Å². The lowest BCUT2D eigenvalue weighted by Crippen LogP contribution is -2.31. The Hall–Kier alpha value is -1.88. The molecule has 5 nitrogen and oxygen atoms in total. The summed E-state index contributed by atoms with van der Waals surface area (Å²) in [5, 5.41) is 11.2. The number of hydrogen-bond acceptors (Lipinski definition) is 3. The zero-order valence-corrected chi connectivity index (χ0v) is 9.13. The fourth-order valence-electron chi connectivity index (χ4n) is 1.57. The van der Waals surface area contributed by atoms with Gasteiger partial charge in [-0.3, -0.25) is 4.79 Å². The molecule has 1 fully saturated rings. The van der Waals surface area contributed by atoms with E-state index in [1.165, 1.54) is 0 Å². The van der Waals surface area contributed by atoms with Crippen LogP contribution in [0, 0.1) is 0 Å². The molecular formula is C12H13NO4. The molecule has 0 unspecified atom stereocenters. The molecule has 1 aromatic rings. The molecule has 5 heteroatoms. The number of carbonyl (C=O) groups is 2. The van der Waals surface area contributed by atoms with Crippen LogP contribution in [0.15, 0.2) is 30.3 Å². The van der Waals surface area contributed by atoms with Gasteiger partial charge in [0.1, 0.15) is 0 Å². The Kier molecular flexibility index (Phi) is 3.39. The summed E-state index contributed by atoms with van der Waals surface area (Å²) in [5.41, 5.74) is 1.12. The summed E-state index contributed by atoms with van der Waals surface area (Å²) in [6, 6.07) is 9.74. The number of nitrogens with one attached hydrogen (secondary N) is 1. The SMILES string of the molecule is O=C(O)[C@H]1O[C@@H]1C(=O)NCCc1ccccc1. The first-order chi connectivity index (χ1) is 8.18. The zero-order valence-electron chi connectivity index (χ0n) is 9.13. The quantitative estimate of drug-likeness (QED) is 0.714. The van der Waals surface area contributed by atoms with Crippen molar-refractivity contribution in [2.75, 3.05) is 6.54 Å². The third-order valence-corrected chi connectivity index (χ3v) is 2.55. The molecule has 1 saturated heterocycles. The monoisotopic (exact) mass is 235 g/mol. The van der Waals surface area contributed by atoms with Crippen LogP contribution in [0.4, 0.5) is 0 Å². The summed E-state index contributed by atoms with van der Waals surface area (Å²) in [5.74, 6) is -1.44. The van der Waals surface area contributed by atoms with E-state index < -0.39 is 18.2 Å². The first kappa shape index (κ1) is 11.6. The van der Waals surface area contributed by atoms with Gasteiger partial charge in [-0.1, -0.05) is 30.3 Å². The summed E-state index contributed by atoms with van der Waals surface area (Å²) in [6.07, 6.45) is -1.06. The van der Waals surface area contributed by atoms with Crippen molar-refractivity contribution >= 4 is 11.9 Å². The third-order valence-electron chi connectivity index (χ3n) is 2.55. The Morgan fingerprint density at radius 1 is 1.24 bits per heavy atom. The van der Waals surface area contributed by atoms with Crippen molar-refractivity contribution in [3.63, 3.8) is 0 Å². The number of carboxylic acid groups (broad SMARTS) is 1. The van der Waals surface area contributed by atoms with E-state index in [0.29, 0.717) is 6.54 Å². The van der Waals surface area contributed by atoms with Crippen LogP contribution in [0.25, 0.3) is 0 Å². The van der Waals surface area contributed by atoms with Crippen LogP contribution in [0.2, 0.25) is 0 Å². The van der Waals surface area contributed by atoms with Gasteiger partial charge in [-0.25, -0.2) is 4.79 Å². The van der Waals surface area contributed by atoms with E-state index in [-0.39, 0.29) is 5.91 Å². The Morgan fingerprint density at radius 2 is 1.94 bits per heavy atom. The minimum atomic E-state index is -1.09. The number of aliphatic carboxylic acids is 1. The number of epoxide rings is 1. The predicted octanol–water partition coefficient (Wildman–Crippen LogP) is 0.197. The van der Waals surface area contributed by atoms with Crippen molar-refractivity contribution in [1.82, 2.24) is 5.32 Å². The molecule has 90 valence electrons. The average molecular weight is 235 g/mol. The average Bonchev–Trinajstić information content (AvgIpc) is 3.10. The van der Waals surface area contributed by atoms with E-state index in [1.54, 1.807) is 0 Å². The molecule has 0 aromatic heterocycles. The molecule has 1 heterocycles. The van der Waals surface area contributed by atoms with Crippen molar-refractivity contribution in [3.8, 4) is 0 Å². The van der Waals surface area contributed by atoms with E-state index in [1.807, 2.05) is 30.3 Å². The van der Waals surface area contributed by atoms with Crippen LogP contribution in [-0.2, 0) is 20.7 Å². The van der Waals surface area contributed by atoms with E-state index in [2.05, 4.69) is 5.32 Å². The molecule has 0 radical (unpaired) electrons. The largest absolute Gasteiger partial charge is 0.479 e. The minimum Gasteiger partial charge on any atom is -0.479 e. The van der Waals surface area contributed by atoms with E-state index >= 15 is 0 Å². The molecule has 1 aliphatic heterocycles. The second kappa shape index (κ2) is 4.97. The fraction of sp³-hybridized carbons (Fsp3) is 0.333. The highest BCUT2D eigenvalue weighted by atomic mass is 16.6. The van der Waals surface area contributed by atoms with Gasteiger partial charge in [-0.15, -0.1) is 0 Å². The number of rotatable bonds is 5. The van der Waals surface area contributed by atoms with E-state index in [0.717, 1.165) is 12.0 Å². The molecule has 0 spiro atoms. The summed E-state index contributed by atoms with van der Waals surface area (Å²) in [4.78, 5) is 21.9. The summed E-state index contributed by atoms with van der Waals surface area (Å²) in [7, 11) is 0. The maximum Gasteiger partial charge on any atom is 0.336 e. The highest BCUT2D eigenvalue weighted by molar-refractivity contribution is 5.92. The van der Waals surface area contributed by atoms with Crippen molar-refractivity contribution in [3.05, 3.63) is 35.9 Å². The standard InChI is InChI=1S/C12H13NO4/c14-11(9-10(17-9)12(15)16)13-7-6-8-4-2-1-3-5-8/h1-5,9-10H,6-7H2,(H,13,14)(H,15,16)/t9-,10-/m0/s1. The van der Waals surface area contributed by atoms with Crippen LogP contribution in [-0.4, -0.2) is 35.7 Å². The highest BCUT2D eigenvalue weighted by Gasteiger charge is 2.50. The van der Waals surface area contributed by atoms with Crippen molar-refractivity contribution < 1.29 is 19.4 Å². The lowest BCUT2D eigenvalue weighted by Gasteiger charge is -2.02. The van der Waals surface area contributed by atoms with Gasteiger partial charge in [0, 0.05) is 6.54 Å². The Balaban J connectivity index is 1.70. The fourth-order valence-corrected chi connectivity index (χ4v) is 1.57. The first-order valence-electron chi connectivity index (χ1n) is 5.38. The van der Waals surface area contributed by atoms with Crippen LogP contribution in [0.5, 0.6) is 0 Å². The topological polar surface area (TPSA) is 78.9 Å². The van der Waals surface area contributed by atoms with Gasteiger partial charge < -0.3 is 15.2 Å². The second-order valence-electron chi connectivity index (χ2n) is 3.84. The lowest BCUT2D eigenvalue weighted by atomic mass is 10.1. The summed E-state index contributed by atoms with van der Waals surface area (Å²) in [6.45, 7) is 0.481. The number of carboxylic acids is 1. The summed E-state index contributed by atoms with van der Waals surface area (Å²) >= 11 is 0. The molecule has 2 atom stereocenters. The molecule has 0 saturated carbocycles. The number of hydrogen-bond donors (Lipinski definition) is 2. The number of carbonyl (C=O) groups excluding carboxylic acids is 1. The Bertz CT molecular complexity index is 418. The Morgan fingerprint density at radius 3 is 2.53 bits per heavy atom. The molecule has 1 amide bonds. The first-order valence-corrected chi connectivity index (χ1v) is 5.38. The van der Waals surface area contributed by atoms with Gasteiger partial charge in [-0.05, 0) is 12.0 Å². The van der Waals surface area contributed by atoms with Crippen LogP contribution >= 0.6 is 0 Å². The predicted molar refractivity (Wildman–Crippen MR) is 59.5 cm³/mol. The Labute approximate surface area is 98.4 Å². The lowest BCUT2D eigenvalue weighted by molar-refractivity contribution is -0.138. The van der Waals surface area contributed by atoms with Gasteiger partial charge in [0.15, 0.2) is 12.2 Å². The van der Waals surface area contributed by atoms with Crippen LogP contribution in [0.3, 0.4) is 0 Å². The normalized spacial score (nSPS) is 21.9. The van der Waals surface area contributed by atoms with Crippen molar-refractivity contribution in [2.24, 2.45) is 0 Å². The van der Waals surface area contributed by atoms with Gasteiger partial charge in [0.25, 0.3) is 5.91 Å². The zero-order chi connectivity index (χ0) is 12.3. The highest BCUT2D eigenvalue weighted by Crippen LogP contribution is 2.21. The summed E-state index contributed by atoms with van der Waals surface area (Å²) < 4.78 is 4.73. The molecule has 2 N–H and O–H groups in total. The molecule has 17 heavy (non-hydrogen) atoms. The molecule has 2 rings (SSSR count).